The average Bonchev–Trinajstić information content (AvgIpc) is 2.62. The topological polar surface area (TPSA) is 50.8 Å². The van der Waals surface area contributed by atoms with E-state index in [1.165, 1.54) is 0 Å². The summed E-state index contributed by atoms with van der Waals surface area (Å²) in [4.78, 5) is 14.7. The molecule has 1 fully saturated rings. The fourth-order valence-electron chi connectivity index (χ4n) is 3.21. The number of ether oxygens (including phenoxy) is 2. The van der Waals surface area contributed by atoms with Gasteiger partial charge in [0.05, 0.1) is 17.9 Å². The molecule has 0 unspecified atom stereocenters. The van der Waals surface area contributed by atoms with Gasteiger partial charge in [-0.15, -0.1) is 0 Å². The number of nitrogens with zero attached hydrogens (tertiary/aromatic N) is 1. The Morgan fingerprint density at radius 1 is 1.08 bits per heavy atom. The number of carbonyl (C=O) groups is 1. The fraction of sp³-hybridized carbons (Fsp3) is 0.381. The minimum atomic E-state index is -0.0130. The lowest BCUT2D eigenvalue weighted by Gasteiger charge is -2.35. The van der Waals surface area contributed by atoms with E-state index in [0.29, 0.717) is 17.9 Å². The van der Waals surface area contributed by atoms with Crippen molar-refractivity contribution in [3.63, 3.8) is 0 Å². The first kappa shape index (κ1) is 18.4. The lowest BCUT2D eigenvalue weighted by atomic mass is 10.2. The number of anilines is 1. The van der Waals surface area contributed by atoms with Crippen LogP contribution in [-0.2, 0) is 9.53 Å². The second-order valence-corrected chi connectivity index (χ2v) is 6.73. The van der Waals surface area contributed by atoms with Crippen LogP contribution < -0.4 is 10.1 Å². The van der Waals surface area contributed by atoms with Gasteiger partial charge in [-0.3, -0.25) is 9.69 Å². The summed E-state index contributed by atoms with van der Waals surface area (Å²) in [6.45, 7) is 6.60. The minimum Gasteiger partial charge on any atom is -0.455 e. The molecule has 2 aromatic rings. The van der Waals surface area contributed by atoms with E-state index in [-0.39, 0.29) is 18.1 Å². The predicted molar refractivity (Wildman–Crippen MR) is 103 cm³/mol. The van der Waals surface area contributed by atoms with Gasteiger partial charge in [0, 0.05) is 26.1 Å². The van der Waals surface area contributed by atoms with Crippen molar-refractivity contribution < 1.29 is 14.3 Å². The number of amides is 1. The second-order valence-electron chi connectivity index (χ2n) is 6.73. The van der Waals surface area contributed by atoms with Crippen molar-refractivity contribution in [3.8, 4) is 11.5 Å². The van der Waals surface area contributed by atoms with E-state index in [0.717, 1.165) is 25.4 Å². The maximum atomic E-state index is 12.4. The average molecular weight is 354 g/mol. The van der Waals surface area contributed by atoms with Crippen LogP contribution in [0.4, 0.5) is 5.69 Å². The molecule has 2 atom stereocenters. The molecule has 0 spiro atoms. The van der Waals surface area contributed by atoms with E-state index in [4.69, 9.17) is 9.47 Å². The Balaban J connectivity index is 1.56. The van der Waals surface area contributed by atoms with E-state index >= 15 is 0 Å². The molecule has 2 aromatic carbocycles. The Labute approximate surface area is 154 Å². The molecule has 1 heterocycles. The summed E-state index contributed by atoms with van der Waals surface area (Å²) in [5, 5.41) is 2.97. The largest absolute Gasteiger partial charge is 0.455 e. The highest BCUT2D eigenvalue weighted by molar-refractivity contribution is 5.92. The Kier molecular flexibility index (Phi) is 6.26. The molecule has 1 aliphatic rings. The maximum absolute atomic E-state index is 12.4. The van der Waals surface area contributed by atoms with Crippen molar-refractivity contribution in [2.45, 2.75) is 32.5 Å². The third-order valence-electron chi connectivity index (χ3n) is 4.28. The van der Waals surface area contributed by atoms with Gasteiger partial charge in [-0.25, -0.2) is 0 Å². The molecule has 138 valence electrons. The first-order valence-corrected chi connectivity index (χ1v) is 9.10. The Bertz CT molecular complexity index is 710. The SMILES string of the molecule is C[C@@H]1CN(CCC(=O)Nc2ccccc2Oc2ccccc2)C[C@H](C)O1. The van der Waals surface area contributed by atoms with Crippen LogP contribution in [0.5, 0.6) is 11.5 Å². The predicted octanol–water partition coefficient (Wildman–Crippen LogP) is 3.92. The van der Waals surface area contributed by atoms with Gasteiger partial charge in [0.15, 0.2) is 5.75 Å². The van der Waals surface area contributed by atoms with E-state index in [1.54, 1.807) is 0 Å². The summed E-state index contributed by atoms with van der Waals surface area (Å²) in [6, 6.07) is 17.0. The molecule has 1 amide bonds. The van der Waals surface area contributed by atoms with Crippen LogP contribution in [0, 0.1) is 0 Å². The highest BCUT2D eigenvalue weighted by atomic mass is 16.5. The molecule has 0 radical (unpaired) electrons. The van der Waals surface area contributed by atoms with Crippen LogP contribution in [0.3, 0.4) is 0 Å². The van der Waals surface area contributed by atoms with Gasteiger partial charge in [0.25, 0.3) is 0 Å². The summed E-state index contributed by atoms with van der Waals surface area (Å²) in [5.74, 6) is 1.37. The lowest BCUT2D eigenvalue weighted by Crippen LogP contribution is -2.46. The third-order valence-corrected chi connectivity index (χ3v) is 4.28. The number of rotatable bonds is 6. The van der Waals surface area contributed by atoms with E-state index < -0.39 is 0 Å². The van der Waals surface area contributed by atoms with Crippen molar-refractivity contribution in [3.05, 3.63) is 54.6 Å². The molecule has 0 aromatic heterocycles. The summed E-state index contributed by atoms with van der Waals surface area (Å²) in [5.41, 5.74) is 0.685. The van der Waals surface area contributed by atoms with Crippen molar-refractivity contribution in [1.29, 1.82) is 0 Å². The number of carbonyl (C=O) groups excluding carboxylic acids is 1. The number of benzene rings is 2. The molecular weight excluding hydrogens is 328 g/mol. The number of nitrogens with one attached hydrogen (secondary N) is 1. The van der Waals surface area contributed by atoms with Gasteiger partial charge in [-0.1, -0.05) is 30.3 Å². The molecule has 3 rings (SSSR count). The first-order chi connectivity index (χ1) is 12.6. The molecular formula is C21H26N2O3. The van der Waals surface area contributed by atoms with Crippen LogP contribution in [0.1, 0.15) is 20.3 Å². The molecule has 5 heteroatoms. The maximum Gasteiger partial charge on any atom is 0.225 e. The Morgan fingerprint density at radius 3 is 2.46 bits per heavy atom. The fourth-order valence-corrected chi connectivity index (χ4v) is 3.21. The summed E-state index contributed by atoms with van der Waals surface area (Å²) >= 11 is 0. The van der Waals surface area contributed by atoms with Crippen LogP contribution in [0.25, 0.3) is 0 Å². The number of hydrogen-bond donors (Lipinski definition) is 1. The van der Waals surface area contributed by atoms with Gasteiger partial charge >= 0.3 is 0 Å². The molecule has 5 nitrogen and oxygen atoms in total. The monoisotopic (exact) mass is 354 g/mol. The summed E-state index contributed by atoms with van der Waals surface area (Å²) < 4.78 is 11.6. The smallest absolute Gasteiger partial charge is 0.225 e. The highest BCUT2D eigenvalue weighted by Gasteiger charge is 2.22. The Morgan fingerprint density at radius 2 is 1.73 bits per heavy atom. The zero-order chi connectivity index (χ0) is 18.4. The highest BCUT2D eigenvalue weighted by Crippen LogP contribution is 2.29. The zero-order valence-corrected chi connectivity index (χ0v) is 15.4. The first-order valence-electron chi connectivity index (χ1n) is 9.10. The van der Waals surface area contributed by atoms with Gasteiger partial charge in [0.1, 0.15) is 5.75 Å². The molecule has 1 saturated heterocycles. The van der Waals surface area contributed by atoms with Gasteiger partial charge < -0.3 is 14.8 Å². The van der Waals surface area contributed by atoms with Crippen LogP contribution in [0.2, 0.25) is 0 Å². The third kappa shape index (κ3) is 5.31. The standard InChI is InChI=1S/C21H26N2O3/c1-16-14-23(15-17(2)25-16)13-12-21(24)22-19-10-6-7-11-20(19)26-18-8-4-3-5-9-18/h3-11,16-17H,12-15H2,1-2H3,(H,22,24)/t16-,17+. The van der Waals surface area contributed by atoms with Crippen molar-refractivity contribution in [2.24, 2.45) is 0 Å². The molecule has 26 heavy (non-hydrogen) atoms. The minimum absolute atomic E-state index is 0.0130. The van der Waals surface area contributed by atoms with E-state index in [2.05, 4.69) is 24.1 Å². The zero-order valence-electron chi connectivity index (χ0n) is 15.4. The van der Waals surface area contributed by atoms with Gasteiger partial charge in [-0.05, 0) is 38.1 Å². The summed E-state index contributed by atoms with van der Waals surface area (Å²) in [6.07, 6.45) is 0.864. The van der Waals surface area contributed by atoms with Crippen molar-refractivity contribution in [1.82, 2.24) is 4.90 Å². The molecule has 0 aliphatic carbocycles. The van der Waals surface area contributed by atoms with Crippen LogP contribution in [0.15, 0.2) is 54.6 Å². The van der Waals surface area contributed by atoms with Crippen LogP contribution >= 0.6 is 0 Å². The molecule has 0 bridgehead atoms. The Hall–Kier alpha value is -2.37. The van der Waals surface area contributed by atoms with Crippen molar-refractivity contribution in [2.75, 3.05) is 25.0 Å². The van der Waals surface area contributed by atoms with Gasteiger partial charge in [0.2, 0.25) is 5.91 Å². The van der Waals surface area contributed by atoms with Crippen molar-refractivity contribution >= 4 is 11.6 Å². The van der Waals surface area contributed by atoms with E-state index in [9.17, 15) is 4.79 Å². The quantitative estimate of drug-likeness (QED) is 0.854. The molecule has 0 saturated carbocycles. The number of hydrogen-bond acceptors (Lipinski definition) is 4. The van der Waals surface area contributed by atoms with Crippen LogP contribution in [-0.4, -0.2) is 42.6 Å². The second kappa shape index (κ2) is 8.83. The molecule has 1 N–H and O–H groups in total. The molecule has 1 aliphatic heterocycles. The number of morpholine rings is 1. The number of para-hydroxylation sites is 3. The summed E-state index contributed by atoms with van der Waals surface area (Å²) in [7, 11) is 0. The normalized spacial score (nSPS) is 20.5. The van der Waals surface area contributed by atoms with E-state index in [1.807, 2.05) is 54.6 Å². The lowest BCUT2D eigenvalue weighted by molar-refractivity contribution is -0.117. The van der Waals surface area contributed by atoms with Gasteiger partial charge in [-0.2, -0.15) is 0 Å².